The van der Waals surface area contributed by atoms with E-state index in [9.17, 15) is 9.59 Å². The molecule has 0 spiro atoms. The molecule has 0 saturated heterocycles. The molecule has 33 heavy (non-hydrogen) atoms. The summed E-state index contributed by atoms with van der Waals surface area (Å²) in [6, 6.07) is 18.3. The first-order chi connectivity index (χ1) is 16.0. The van der Waals surface area contributed by atoms with Crippen molar-refractivity contribution in [3.63, 3.8) is 0 Å². The summed E-state index contributed by atoms with van der Waals surface area (Å²) >= 11 is 1.82. The molecule has 3 aromatic rings. The molecule has 0 aliphatic rings. The molecule has 0 radical (unpaired) electrons. The van der Waals surface area contributed by atoms with Crippen LogP contribution in [-0.2, 0) is 11.2 Å². The number of H-pyrrole nitrogens is 1. The molecule has 0 unspecified atom stereocenters. The van der Waals surface area contributed by atoms with E-state index in [4.69, 9.17) is 9.84 Å². The Morgan fingerprint density at radius 1 is 1.06 bits per heavy atom. The summed E-state index contributed by atoms with van der Waals surface area (Å²) in [5.41, 5.74) is 2.44. The number of imidazole rings is 1. The van der Waals surface area contributed by atoms with Crippen molar-refractivity contribution in [1.29, 1.82) is 0 Å². The first kappa shape index (κ1) is 24.3. The average Bonchev–Trinajstić information content (AvgIpc) is 3.20. The van der Waals surface area contributed by atoms with Gasteiger partial charge in [-0.15, -0.1) is 11.8 Å². The SMILES string of the molecule is Cc1[nH]c(C(=O)COc2ccc(SCCCCCc3ccccc3)cc2)nc1C=CC(=O)O. The Labute approximate surface area is 198 Å². The van der Waals surface area contributed by atoms with Gasteiger partial charge in [0.25, 0.3) is 0 Å². The molecule has 1 aromatic heterocycles. The van der Waals surface area contributed by atoms with Crippen LogP contribution in [0.4, 0.5) is 0 Å². The number of rotatable bonds is 13. The zero-order valence-corrected chi connectivity index (χ0v) is 19.4. The first-order valence-electron chi connectivity index (χ1n) is 10.9. The minimum atomic E-state index is -1.07. The number of ether oxygens (including phenoxy) is 1. The van der Waals surface area contributed by atoms with Crippen molar-refractivity contribution in [2.24, 2.45) is 0 Å². The Bertz CT molecular complexity index is 1080. The molecule has 7 heteroatoms. The van der Waals surface area contributed by atoms with E-state index >= 15 is 0 Å². The third-order valence-electron chi connectivity index (χ3n) is 4.99. The Morgan fingerprint density at radius 2 is 1.82 bits per heavy atom. The topological polar surface area (TPSA) is 92.3 Å². The van der Waals surface area contributed by atoms with Crippen LogP contribution in [0.5, 0.6) is 5.75 Å². The number of aryl methyl sites for hydroxylation is 2. The molecule has 6 nitrogen and oxygen atoms in total. The van der Waals surface area contributed by atoms with Crippen LogP contribution in [0.2, 0.25) is 0 Å². The van der Waals surface area contributed by atoms with Gasteiger partial charge >= 0.3 is 5.97 Å². The van der Waals surface area contributed by atoms with Gasteiger partial charge < -0.3 is 14.8 Å². The van der Waals surface area contributed by atoms with Gasteiger partial charge in [-0.25, -0.2) is 9.78 Å². The van der Waals surface area contributed by atoms with Crippen molar-refractivity contribution in [1.82, 2.24) is 9.97 Å². The molecular weight excluding hydrogens is 436 g/mol. The van der Waals surface area contributed by atoms with E-state index in [1.54, 1.807) is 6.92 Å². The molecule has 2 N–H and O–H groups in total. The van der Waals surface area contributed by atoms with E-state index in [1.165, 1.54) is 35.8 Å². The first-order valence-corrected chi connectivity index (χ1v) is 11.9. The summed E-state index contributed by atoms with van der Waals surface area (Å²) in [5.74, 6) is 0.464. The van der Waals surface area contributed by atoms with Crippen LogP contribution in [0.3, 0.4) is 0 Å². The zero-order valence-electron chi connectivity index (χ0n) is 18.6. The average molecular weight is 465 g/mol. The highest BCUT2D eigenvalue weighted by atomic mass is 32.2. The second-order valence-electron chi connectivity index (χ2n) is 7.60. The molecule has 0 atom stereocenters. The lowest BCUT2D eigenvalue weighted by atomic mass is 10.1. The van der Waals surface area contributed by atoms with Crippen LogP contribution in [0.1, 0.15) is 46.8 Å². The van der Waals surface area contributed by atoms with Crippen LogP contribution < -0.4 is 4.74 Å². The number of aromatic amines is 1. The fraction of sp³-hybridized carbons (Fsp3) is 0.269. The number of hydrogen-bond acceptors (Lipinski definition) is 5. The second-order valence-corrected chi connectivity index (χ2v) is 8.76. The minimum absolute atomic E-state index is 0.150. The predicted octanol–water partition coefficient (Wildman–Crippen LogP) is 5.58. The summed E-state index contributed by atoms with van der Waals surface area (Å²) < 4.78 is 5.59. The van der Waals surface area contributed by atoms with Gasteiger partial charge in [-0.2, -0.15) is 0 Å². The van der Waals surface area contributed by atoms with Crippen molar-refractivity contribution < 1.29 is 19.4 Å². The van der Waals surface area contributed by atoms with E-state index < -0.39 is 5.97 Å². The minimum Gasteiger partial charge on any atom is -0.485 e. The number of nitrogens with zero attached hydrogens (tertiary/aromatic N) is 1. The van der Waals surface area contributed by atoms with Crippen LogP contribution in [0.25, 0.3) is 6.08 Å². The number of aromatic nitrogens is 2. The fourth-order valence-electron chi connectivity index (χ4n) is 3.21. The summed E-state index contributed by atoms with van der Waals surface area (Å²) in [7, 11) is 0. The van der Waals surface area contributed by atoms with Gasteiger partial charge in [0, 0.05) is 16.7 Å². The normalized spacial score (nSPS) is 11.1. The van der Waals surface area contributed by atoms with Crippen molar-refractivity contribution >= 4 is 29.6 Å². The number of carboxylic acids is 1. The van der Waals surface area contributed by atoms with Gasteiger partial charge in [0.15, 0.2) is 12.4 Å². The van der Waals surface area contributed by atoms with E-state index in [2.05, 4.69) is 34.2 Å². The molecular formula is C26H28N2O4S. The second kappa shape index (κ2) is 12.6. The molecule has 1 heterocycles. The summed E-state index contributed by atoms with van der Waals surface area (Å²) in [6.07, 6.45) is 7.07. The maximum atomic E-state index is 12.3. The van der Waals surface area contributed by atoms with Gasteiger partial charge in [0.05, 0.1) is 5.69 Å². The number of unbranched alkanes of at least 4 members (excludes halogenated alkanes) is 2. The van der Waals surface area contributed by atoms with Crippen LogP contribution in [0.15, 0.2) is 65.6 Å². The van der Waals surface area contributed by atoms with Gasteiger partial charge in [-0.05, 0) is 67.8 Å². The van der Waals surface area contributed by atoms with E-state index in [-0.39, 0.29) is 18.2 Å². The maximum Gasteiger partial charge on any atom is 0.328 e. The number of thioether (sulfide) groups is 1. The highest BCUT2D eigenvalue weighted by Gasteiger charge is 2.13. The zero-order chi connectivity index (χ0) is 23.5. The third-order valence-corrected chi connectivity index (χ3v) is 6.08. The largest absolute Gasteiger partial charge is 0.485 e. The molecule has 0 saturated carbocycles. The number of ketones is 1. The number of hydrogen-bond donors (Lipinski definition) is 2. The van der Waals surface area contributed by atoms with E-state index in [0.29, 0.717) is 17.1 Å². The summed E-state index contributed by atoms with van der Waals surface area (Å²) in [6.45, 7) is 1.58. The molecule has 3 rings (SSSR count). The third kappa shape index (κ3) is 8.27. The van der Waals surface area contributed by atoms with Crippen molar-refractivity contribution in [3.8, 4) is 5.75 Å². The van der Waals surface area contributed by atoms with E-state index in [1.807, 2.05) is 42.1 Å². The Hall–Kier alpha value is -3.32. The fourth-order valence-corrected chi connectivity index (χ4v) is 4.12. The lowest BCUT2D eigenvalue weighted by molar-refractivity contribution is -0.131. The van der Waals surface area contributed by atoms with Crippen molar-refractivity contribution in [2.45, 2.75) is 37.5 Å². The molecule has 0 bridgehead atoms. The predicted molar refractivity (Wildman–Crippen MR) is 131 cm³/mol. The highest BCUT2D eigenvalue weighted by molar-refractivity contribution is 7.99. The Balaban J connectivity index is 1.36. The Morgan fingerprint density at radius 3 is 2.55 bits per heavy atom. The molecule has 0 fully saturated rings. The monoisotopic (exact) mass is 464 g/mol. The van der Waals surface area contributed by atoms with Gasteiger partial charge in [-0.3, -0.25) is 4.79 Å². The number of nitrogens with one attached hydrogen (secondary N) is 1. The number of benzene rings is 2. The van der Waals surface area contributed by atoms with Gasteiger partial charge in [-0.1, -0.05) is 36.8 Å². The van der Waals surface area contributed by atoms with Crippen molar-refractivity contribution in [3.05, 3.63) is 83.4 Å². The van der Waals surface area contributed by atoms with Gasteiger partial charge in [0.2, 0.25) is 5.78 Å². The molecule has 2 aromatic carbocycles. The molecule has 0 amide bonds. The highest BCUT2D eigenvalue weighted by Crippen LogP contribution is 2.23. The van der Waals surface area contributed by atoms with Crippen LogP contribution in [-0.4, -0.2) is 39.2 Å². The number of Topliss-reactive ketones (excluding diaryl/α,β-unsaturated/α-hetero) is 1. The number of aliphatic carboxylic acids is 1. The smallest absolute Gasteiger partial charge is 0.328 e. The maximum absolute atomic E-state index is 12.3. The Kier molecular flexibility index (Phi) is 9.32. The van der Waals surface area contributed by atoms with Gasteiger partial charge in [0.1, 0.15) is 5.75 Å². The summed E-state index contributed by atoms with van der Waals surface area (Å²) in [4.78, 5) is 31.2. The lowest BCUT2D eigenvalue weighted by Crippen LogP contribution is -2.13. The molecule has 0 aliphatic heterocycles. The standard InChI is InChI=1S/C26H28N2O4S/c1-19-23(15-16-25(30)31)28-26(27-19)24(29)18-32-21-11-13-22(14-12-21)33-17-7-3-6-10-20-8-4-2-5-9-20/h2,4-5,8-9,11-16H,3,6-7,10,17-18H2,1H3,(H,27,28)(H,30,31). The van der Waals surface area contributed by atoms with Crippen LogP contribution >= 0.6 is 11.8 Å². The van der Waals surface area contributed by atoms with E-state index in [0.717, 1.165) is 18.2 Å². The number of carbonyl (C=O) groups is 2. The number of carbonyl (C=O) groups excluding carboxylic acids is 1. The van der Waals surface area contributed by atoms with Crippen LogP contribution in [0, 0.1) is 6.92 Å². The summed E-state index contributed by atoms with van der Waals surface area (Å²) in [5, 5.41) is 8.72. The lowest BCUT2D eigenvalue weighted by Gasteiger charge is -2.06. The number of carboxylic acid groups (broad SMARTS) is 1. The quantitative estimate of drug-likeness (QED) is 0.148. The van der Waals surface area contributed by atoms with Crippen molar-refractivity contribution in [2.75, 3.05) is 12.4 Å². The molecule has 0 aliphatic carbocycles. The molecule has 172 valence electrons.